The number of carbonyl (C=O) groups excluding carboxylic acids is 2. The van der Waals surface area contributed by atoms with Crippen molar-refractivity contribution in [2.24, 2.45) is 5.10 Å². The maximum absolute atomic E-state index is 11.7. The quantitative estimate of drug-likeness (QED) is 0.815. The Morgan fingerprint density at radius 1 is 1.30 bits per heavy atom. The number of benzene rings is 1. The number of esters is 1. The summed E-state index contributed by atoms with van der Waals surface area (Å²) in [5, 5.41) is 3.68. The number of hydrogen-bond donors (Lipinski definition) is 1. The zero-order valence-electron chi connectivity index (χ0n) is 11.2. The minimum atomic E-state index is -0.474. The van der Waals surface area contributed by atoms with E-state index in [1.165, 1.54) is 0 Å². The van der Waals surface area contributed by atoms with Crippen LogP contribution in [0.2, 0.25) is 0 Å². The molecule has 0 unspecified atom stereocenters. The summed E-state index contributed by atoms with van der Waals surface area (Å²) in [4.78, 5) is 22.6. The van der Waals surface area contributed by atoms with Crippen molar-refractivity contribution in [3.63, 3.8) is 0 Å². The van der Waals surface area contributed by atoms with Crippen molar-refractivity contribution in [2.75, 3.05) is 13.7 Å². The van der Waals surface area contributed by atoms with E-state index in [0.717, 1.165) is 11.3 Å². The number of nitrogens with zero attached hydrogens (tertiary/aromatic N) is 1. The van der Waals surface area contributed by atoms with Gasteiger partial charge in [0.2, 0.25) is 5.91 Å². The van der Waals surface area contributed by atoms with Gasteiger partial charge in [0.1, 0.15) is 11.5 Å². The highest BCUT2D eigenvalue weighted by Crippen LogP contribution is 2.11. The summed E-state index contributed by atoms with van der Waals surface area (Å²) in [7, 11) is 1.61. The van der Waals surface area contributed by atoms with Crippen molar-refractivity contribution < 1.29 is 19.1 Å². The topological polar surface area (TPSA) is 77.0 Å². The first-order chi connectivity index (χ1) is 9.69. The molecule has 1 aromatic carbocycles. The van der Waals surface area contributed by atoms with Crippen LogP contribution >= 0.6 is 0 Å². The first kappa shape index (κ1) is 14.0. The number of hydrogen-bond acceptors (Lipinski definition) is 5. The minimum Gasteiger partial charge on any atom is -0.497 e. The highest BCUT2D eigenvalue weighted by Gasteiger charge is 2.19. The molecule has 0 saturated carbocycles. The molecule has 1 amide bonds. The lowest BCUT2D eigenvalue weighted by Crippen LogP contribution is -2.30. The number of carbonyl (C=O) groups is 2. The van der Waals surface area contributed by atoms with Crippen LogP contribution in [-0.2, 0) is 20.7 Å². The van der Waals surface area contributed by atoms with Crippen LogP contribution in [0.4, 0.5) is 0 Å². The molecule has 1 N–H and O–H groups in total. The highest BCUT2D eigenvalue weighted by atomic mass is 16.5. The van der Waals surface area contributed by atoms with Crippen LogP contribution < -0.4 is 10.2 Å². The summed E-state index contributed by atoms with van der Waals surface area (Å²) in [6.07, 6.45) is 1.22. The molecule has 6 nitrogen and oxygen atoms in total. The third-order valence-electron chi connectivity index (χ3n) is 2.92. The third kappa shape index (κ3) is 3.81. The fourth-order valence-corrected chi connectivity index (χ4v) is 1.76. The van der Waals surface area contributed by atoms with E-state index in [9.17, 15) is 9.59 Å². The summed E-state index contributed by atoms with van der Waals surface area (Å²) >= 11 is 0. The Labute approximate surface area is 116 Å². The van der Waals surface area contributed by atoms with Crippen LogP contribution in [0.3, 0.4) is 0 Å². The number of hydrazone groups is 1. The molecular formula is C14H16N2O4. The van der Waals surface area contributed by atoms with Gasteiger partial charge in [-0.25, -0.2) is 10.2 Å². The van der Waals surface area contributed by atoms with E-state index in [1.807, 2.05) is 24.3 Å². The van der Waals surface area contributed by atoms with Crippen molar-refractivity contribution >= 4 is 17.6 Å². The zero-order chi connectivity index (χ0) is 14.4. The van der Waals surface area contributed by atoms with Crippen LogP contribution in [-0.4, -0.2) is 31.3 Å². The Bertz CT molecular complexity index is 522. The summed E-state index contributed by atoms with van der Waals surface area (Å²) < 4.78 is 10.2. The molecule has 0 bridgehead atoms. The van der Waals surface area contributed by atoms with E-state index in [4.69, 9.17) is 9.47 Å². The first-order valence-electron chi connectivity index (χ1n) is 6.34. The molecule has 0 atom stereocenters. The smallest absolute Gasteiger partial charge is 0.354 e. The minimum absolute atomic E-state index is 0.181. The maximum Gasteiger partial charge on any atom is 0.354 e. The SMILES string of the molecule is COc1ccc(CCOC(=O)C2=NNC(=O)CC2)cc1. The number of methoxy groups -OCH3 is 1. The second kappa shape index (κ2) is 6.70. The second-order valence-corrected chi connectivity index (χ2v) is 4.33. The van der Waals surface area contributed by atoms with Crippen LogP contribution in [0.25, 0.3) is 0 Å². The van der Waals surface area contributed by atoms with E-state index in [2.05, 4.69) is 10.5 Å². The van der Waals surface area contributed by atoms with Gasteiger partial charge in [-0.05, 0) is 17.7 Å². The van der Waals surface area contributed by atoms with Crippen LogP contribution in [0.5, 0.6) is 5.75 Å². The number of ether oxygens (including phenoxy) is 2. The Kier molecular flexibility index (Phi) is 4.70. The van der Waals surface area contributed by atoms with Gasteiger partial charge in [-0.3, -0.25) is 4.79 Å². The molecule has 1 aromatic rings. The predicted molar refractivity (Wildman–Crippen MR) is 72.5 cm³/mol. The molecule has 2 rings (SSSR count). The van der Waals surface area contributed by atoms with Gasteiger partial charge < -0.3 is 9.47 Å². The van der Waals surface area contributed by atoms with Crippen molar-refractivity contribution in [3.05, 3.63) is 29.8 Å². The second-order valence-electron chi connectivity index (χ2n) is 4.33. The Balaban J connectivity index is 1.77. The molecule has 1 aliphatic rings. The fourth-order valence-electron chi connectivity index (χ4n) is 1.76. The van der Waals surface area contributed by atoms with Gasteiger partial charge in [-0.15, -0.1) is 0 Å². The van der Waals surface area contributed by atoms with Gasteiger partial charge in [0.05, 0.1) is 13.7 Å². The molecule has 106 valence electrons. The molecule has 20 heavy (non-hydrogen) atoms. The molecule has 0 saturated heterocycles. The lowest BCUT2D eigenvalue weighted by molar-refractivity contribution is -0.135. The molecular weight excluding hydrogens is 260 g/mol. The summed E-state index contributed by atoms with van der Waals surface area (Å²) in [6, 6.07) is 7.56. The lowest BCUT2D eigenvalue weighted by atomic mass is 10.1. The number of nitrogens with one attached hydrogen (secondary N) is 1. The standard InChI is InChI=1S/C14H16N2O4/c1-19-11-4-2-10(3-5-11)8-9-20-14(18)12-6-7-13(17)16-15-12/h2-5H,6-9H2,1H3,(H,16,17). The van der Waals surface area contributed by atoms with E-state index in [-0.39, 0.29) is 24.6 Å². The van der Waals surface area contributed by atoms with Crippen molar-refractivity contribution in [2.45, 2.75) is 19.3 Å². The zero-order valence-corrected chi connectivity index (χ0v) is 11.2. The highest BCUT2D eigenvalue weighted by molar-refractivity contribution is 6.37. The van der Waals surface area contributed by atoms with E-state index < -0.39 is 5.97 Å². The van der Waals surface area contributed by atoms with Crippen LogP contribution in [0.15, 0.2) is 29.4 Å². The maximum atomic E-state index is 11.7. The summed E-state index contributed by atoms with van der Waals surface area (Å²) in [6.45, 7) is 0.276. The summed E-state index contributed by atoms with van der Waals surface area (Å²) in [5.74, 6) is 0.136. The largest absolute Gasteiger partial charge is 0.497 e. The van der Waals surface area contributed by atoms with Gasteiger partial charge in [0.25, 0.3) is 0 Å². The number of amides is 1. The van der Waals surface area contributed by atoms with Crippen molar-refractivity contribution in [3.8, 4) is 5.75 Å². The monoisotopic (exact) mass is 276 g/mol. The lowest BCUT2D eigenvalue weighted by Gasteiger charge is -2.11. The molecule has 0 spiro atoms. The van der Waals surface area contributed by atoms with Crippen LogP contribution in [0, 0.1) is 0 Å². The molecule has 0 fully saturated rings. The molecule has 1 aliphatic heterocycles. The van der Waals surface area contributed by atoms with Crippen molar-refractivity contribution in [1.29, 1.82) is 0 Å². The van der Waals surface area contributed by atoms with E-state index in [0.29, 0.717) is 12.8 Å². The Morgan fingerprint density at radius 2 is 2.05 bits per heavy atom. The average molecular weight is 276 g/mol. The molecule has 0 radical (unpaired) electrons. The van der Waals surface area contributed by atoms with E-state index in [1.54, 1.807) is 7.11 Å². The normalized spacial score (nSPS) is 14.2. The van der Waals surface area contributed by atoms with Crippen LogP contribution in [0.1, 0.15) is 18.4 Å². The fraction of sp³-hybridized carbons (Fsp3) is 0.357. The van der Waals surface area contributed by atoms with Gasteiger partial charge in [-0.2, -0.15) is 5.10 Å². The van der Waals surface area contributed by atoms with E-state index >= 15 is 0 Å². The van der Waals surface area contributed by atoms with Gasteiger partial charge in [-0.1, -0.05) is 12.1 Å². The first-order valence-corrected chi connectivity index (χ1v) is 6.34. The third-order valence-corrected chi connectivity index (χ3v) is 2.92. The van der Waals surface area contributed by atoms with Gasteiger partial charge in [0.15, 0.2) is 0 Å². The Hall–Kier alpha value is -2.37. The number of rotatable bonds is 5. The molecule has 1 heterocycles. The van der Waals surface area contributed by atoms with Crippen molar-refractivity contribution in [1.82, 2.24) is 5.43 Å². The van der Waals surface area contributed by atoms with Gasteiger partial charge >= 0.3 is 5.97 Å². The Morgan fingerprint density at radius 3 is 2.65 bits per heavy atom. The van der Waals surface area contributed by atoms with Gasteiger partial charge in [0, 0.05) is 19.3 Å². The predicted octanol–water partition coefficient (Wildman–Crippen LogP) is 1.05. The summed E-state index contributed by atoms with van der Waals surface area (Å²) in [5.41, 5.74) is 3.58. The molecule has 0 aromatic heterocycles. The average Bonchev–Trinajstić information content (AvgIpc) is 2.48. The molecule has 6 heteroatoms. The molecule has 0 aliphatic carbocycles.